The summed E-state index contributed by atoms with van der Waals surface area (Å²) in [5.41, 5.74) is -5.04. The van der Waals surface area contributed by atoms with E-state index in [-0.39, 0.29) is 0 Å². The van der Waals surface area contributed by atoms with Gasteiger partial charge in [-0.2, -0.15) is 0 Å². The van der Waals surface area contributed by atoms with Gasteiger partial charge in [0, 0.05) is 0 Å². The molecule has 0 saturated carbocycles. The summed E-state index contributed by atoms with van der Waals surface area (Å²) < 4.78 is 226. The molecule has 0 bridgehead atoms. The first-order valence-corrected chi connectivity index (χ1v) is 10.2. The van der Waals surface area contributed by atoms with Gasteiger partial charge >= 0.3 is 0 Å². The molecule has 0 saturated heterocycles. The minimum atomic E-state index is -2.90. The van der Waals surface area contributed by atoms with Crippen LogP contribution in [0.4, 0.5) is 70.2 Å². The van der Waals surface area contributed by atoms with Gasteiger partial charge in [-0.25, -0.2) is 70.2 Å². The molecule has 0 amide bonds. The maximum absolute atomic E-state index is 14.9. The van der Waals surface area contributed by atoms with Gasteiger partial charge in [-0.3, -0.25) is 0 Å². The van der Waals surface area contributed by atoms with Gasteiger partial charge < -0.3 is 0 Å². The molecule has 0 unspecified atom stereocenters. The molecule has 206 valence electrons. The minimum absolute atomic E-state index is 1.10. The number of fused-ring (bicyclic) bond motifs is 1. The lowest BCUT2D eigenvalue weighted by molar-refractivity contribution is 0.360. The predicted molar refractivity (Wildman–Crippen MR) is 99.3 cm³/mol. The number of hydrogen-bond acceptors (Lipinski definition) is 1. The van der Waals surface area contributed by atoms with Crippen LogP contribution in [0.1, 0.15) is 0 Å². The lowest BCUT2D eigenvalue weighted by Gasteiger charge is -2.16. The standard InChI is InChI=1S/C22F16S/c23-5-1(6(24)7(25)3-2(5)8(26)12(30)13(31)9(3)27)4-10(28)17(35)21(18(36)11(4)29)39-22-19(37)15(33)14(32)16(34)20(22)38. The fraction of sp³-hybridized carbons (Fsp3) is 0. The van der Waals surface area contributed by atoms with Crippen molar-refractivity contribution in [2.45, 2.75) is 9.79 Å². The summed E-state index contributed by atoms with van der Waals surface area (Å²) in [4.78, 5) is -4.26. The number of rotatable bonds is 3. The van der Waals surface area contributed by atoms with E-state index in [9.17, 15) is 70.2 Å². The zero-order chi connectivity index (χ0) is 29.4. The highest BCUT2D eigenvalue weighted by molar-refractivity contribution is 7.99. The van der Waals surface area contributed by atoms with Crippen molar-refractivity contribution in [3.63, 3.8) is 0 Å². The lowest BCUT2D eigenvalue weighted by atomic mass is 9.96. The summed E-state index contributed by atoms with van der Waals surface area (Å²) in [5, 5.41) is -4.51. The van der Waals surface area contributed by atoms with Crippen LogP contribution in [0.25, 0.3) is 21.9 Å². The van der Waals surface area contributed by atoms with Crippen molar-refractivity contribution < 1.29 is 70.2 Å². The SMILES string of the molecule is Fc1c(F)c(F)c(Sc2c(F)c(F)c(-c3c(F)c(F)c4c(F)c(F)c(F)c(F)c4c3F)c(F)c2F)c(F)c1F. The zero-order valence-electron chi connectivity index (χ0n) is 17.5. The molecule has 0 heterocycles. The van der Waals surface area contributed by atoms with Gasteiger partial charge in [0.15, 0.2) is 81.4 Å². The summed E-state index contributed by atoms with van der Waals surface area (Å²) in [5.74, 6) is -44.3. The van der Waals surface area contributed by atoms with E-state index < -0.39 is 137 Å². The molecule has 4 aromatic rings. The van der Waals surface area contributed by atoms with E-state index in [4.69, 9.17) is 0 Å². The Morgan fingerprint density at radius 1 is 0.231 bits per heavy atom. The first-order valence-electron chi connectivity index (χ1n) is 9.43. The zero-order valence-corrected chi connectivity index (χ0v) is 18.3. The van der Waals surface area contributed by atoms with Crippen molar-refractivity contribution in [3.05, 3.63) is 93.1 Å². The van der Waals surface area contributed by atoms with Crippen LogP contribution >= 0.6 is 11.8 Å². The molecule has 39 heavy (non-hydrogen) atoms. The lowest BCUT2D eigenvalue weighted by Crippen LogP contribution is -2.10. The molecule has 0 aromatic heterocycles. The van der Waals surface area contributed by atoms with Crippen molar-refractivity contribution in [2.24, 2.45) is 0 Å². The monoisotopic (exact) mass is 600 g/mol. The highest BCUT2D eigenvalue weighted by Crippen LogP contribution is 2.45. The molecule has 0 fully saturated rings. The second-order valence-corrected chi connectivity index (χ2v) is 8.30. The maximum Gasteiger partial charge on any atom is 0.200 e. The Balaban J connectivity index is 2.06. The topological polar surface area (TPSA) is 0 Å². The van der Waals surface area contributed by atoms with Gasteiger partial charge in [0.2, 0.25) is 5.82 Å². The van der Waals surface area contributed by atoms with Gasteiger partial charge in [0.1, 0.15) is 5.82 Å². The largest absolute Gasteiger partial charge is 0.205 e. The third-order valence-corrected chi connectivity index (χ3v) is 6.31. The summed E-state index contributed by atoms with van der Waals surface area (Å²) in [7, 11) is 0. The first kappa shape index (κ1) is 28.4. The van der Waals surface area contributed by atoms with Crippen molar-refractivity contribution >= 4 is 22.5 Å². The Morgan fingerprint density at radius 2 is 0.462 bits per heavy atom. The normalized spacial score (nSPS) is 11.7. The molecule has 0 atom stereocenters. The van der Waals surface area contributed by atoms with E-state index >= 15 is 0 Å². The Hall–Kier alpha value is -3.63. The molecule has 0 spiro atoms. The van der Waals surface area contributed by atoms with Crippen LogP contribution in [-0.2, 0) is 0 Å². The van der Waals surface area contributed by atoms with Crippen molar-refractivity contribution in [1.29, 1.82) is 0 Å². The summed E-state index contributed by atoms with van der Waals surface area (Å²) in [6.45, 7) is 0. The molecule has 0 aliphatic heterocycles. The summed E-state index contributed by atoms with van der Waals surface area (Å²) in [6.07, 6.45) is 0. The van der Waals surface area contributed by atoms with E-state index in [2.05, 4.69) is 0 Å². The van der Waals surface area contributed by atoms with E-state index in [1.807, 2.05) is 0 Å². The van der Waals surface area contributed by atoms with E-state index in [0.29, 0.717) is 0 Å². The van der Waals surface area contributed by atoms with E-state index in [0.717, 1.165) is 0 Å². The van der Waals surface area contributed by atoms with Gasteiger partial charge in [-0.05, 0) is 0 Å². The van der Waals surface area contributed by atoms with Crippen molar-refractivity contribution in [1.82, 2.24) is 0 Å². The number of halogens is 16. The van der Waals surface area contributed by atoms with Crippen LogP contribution in [-0.4, -0.2) is 0 Å². The van der Waals surface area contributed by atoms with Gasteiger partial charge in [-0.15, -0.1) is 0 Å². The highest BCUT2D eigenvalue weighted by atomic mass is 32.2. The molecule has 4 aromatic carbocycles. The molecular weight excluding hydrogens is 600 g/mol. The second-order valence-electron chi connectivity index (χ2n) is 7.28. The van der Waals surface area contributed by atoms with Crippen LogP contribution in [0.15, 0.2) is 9.79 Å². The van der Waals surface area contributed by atoms with Gasteiger partial charge in [-0.1, -0.05) is 11.8 Å². The molecule has 0 aliphatic carbocycles. The minimum Gasteiger partial charge on any atom is -0.205 e. The van der Waals surface area contributed by atoms with Crippen LogP contribution in [0, 0.1) is 93.1 Å². The summed E-state index contributed by atoms with van der Waals surface area (Å²) >= 11 is -1.10. The summed E-state index contributed by atoms with van der Waals surface area (Å²) in [6, 6.07) is 0. The maximum atomic E-state index is 14.9. The molecule has 0 aliphatic rings. The van der Waals surface area contributed by atoms with Gasteiger partial charge in [0.05, 0.1) is 31.7 Å². The molecule has 0 nitrogen and oxygen atoms in total. The van der Waals surface area contributed by atoms with Gasteiger partial charge in [0.25, 0.3) is 0 Å². The van der Waals surface area contributed by atoms with Crippen LogP contribution in [0.2, 0.25) is 0 Å². The van der Waals surface area contributed by atoms with Crippen LogP contribution in [0.5, 0.6) is 0 Å². The van der Waals surface area contributed by atoms with Crippen LogP contribution in [0.3, 0.4) is 0 Å². The number of hydrogen-bond donors (Lipinski definition) is 0. The third-order valence-electron chi connectivity index (χ3n) is 5.18. The Bertz CT molecular complexity index is 1690. The molecule has 4 rings (SSSR count). The second kappa shape index (κ2) is 9.53. The van der Waals surface area contributed by atoms with Crippen molar-refractivity contribution in [2.75, 3.05) is 0 Å². The molecule has 0 radical (unpaired) electrons. The fourth-order valence-electron chi connectivity index (χ4n) is 3.40. The Kier molecular flexibility index (Phi) is 6.94. The number of benzene rings is 4. The van der Waals surface area contributed by atoms with Crippen LogP contribution < -0.4 is 0 Å². The third kappa shape index (κ3) is 3.88. The Labute approximate surface area is 207 Å². The van der Waals surface area contributed by atoms with E-state index in [1.165, 1.54) is 0 Å². The average molecular weight is 600 g/mol. The van der Waals surface area contributed by atoms with E-state index in [1.54, 1.807) is 0 Å². The average Bonchev–Trinajstić information content (AvgIpc) is 2.90. The highest BCUT2D eigenvalue weighted by Gasteiger charge is 2.37. The quantitative estimate of drug-likeness (QED) is 0.129. The fourth-order valence-corrected chi connectivity index (χ4v) is 4.32. The first-order chi connectivity index (χ1) is 18.1. The predicted octanol–water partition coefficient (Wildman–Crippen LogP) is 8.88. The Morgan fingerprint density at radius 3 is 0.872 bits per heavy atom. The smallest absolute Gasteiger partial charge is 0.200 e. The molecule has 17 heteroatoms. The molecule has 0 N–H and O–H groups in total. The van der Waals surface area contributed by atoms with Crippen molar-refractivity contribution in [3.8, 4) is 11.1 Å². The molecular formula is C22F16S.